The molecule has 4 aliphatic rings. The summed E-state index contributed by atoms with van der Waals surface area (Å²) in [5, 5.41) is 10.2. The average Bonchev–Trinajstić information content (AvgIpc) is 2.99. The molecule has 0 aliphatic heterocycles. The third-order valence-corrected chi connectivity index (χ3v) is 8.99. The molecule has 1 nitrogen and oxygen atoms in total. The molecular formula is C26H34O. The number of aliphatic hydroxyl groups excluding tert-OH is 1. The van der Waals surface area contributed by atoms with Crippen molar-refractivity contribution in [2.24, 2.45) is 28.6 Å². The lowest BCUT2D eigenvalue weighted by Crippen LogP contribution is -2.49. The molecule has 6 atom stereocenters. The highest BCUT2D eigenvalue weighted by Gasteiger charge is 2.56. The van der Waals surface area contributed by atoms with Crippen LogP contribution in [0.4, 0.5) is 0 Å². The van der Waals surface area contributed by atoms with E-state index in [1.54, 1.807) is 11.1 Å². The molecule has 0 radical (unpaired) electrons. The molecule has 27 heavy (non-hydrogen) atoms. The van der Waals surface area contributed by atoms with Gasteiger partial charge in [-0.1, -0.05) is 61.4 Å². The summed E-state index contributed by atoms with van der Waals surface area (Å²) in [4.78, 5) is 0. The molecule has 0 bridgehead atoms. The van der Waals surface area contributed by atoms with Gasteiger partial charge < -0.3 is 5.11 Å². The summed E-state index contributed by atoms with van der Waals surface area (Å²) in [6.07, 6.45) is 13.3. The van der Waals surface area contributed by atoms with Gasteiger partial charge in [0, 0.05) is 0 Å². The number of hydrogen-bond donors (Lipinski definition) is 1. The molecule has 0 aromatic heterocycles. The minimum absolute atomic E-state index is 0.101. The lowest BCUT2D eigenvalue weighted by molar-refractivity contribution is -0.0238. The van der Waals surface area contributed by atoms with Crippen molar-refractivity contribution in [1.29, 1.82) is 0 Å². The van der Waals surface area contributed by atoms with Gasteiger partial charge in [-0.2, -0.15) is 0 Å². The van der Waals surface area contributed by atoms with Gasteiger partial charge in [0.25, 0.3) is 0 Å². The quantitative estimate of drug-likeness (QED) is 0.580. The Labute approximate surface area is 164 Å². The Bertz CT molecular complexity index is 817. The van der Waals surface area contributed by atoms with Crippen LogP contribution in [0.25, 0.3) is 5.57 Å². The first kappa shape index (κ1) is 17.7. The first-order valence-electron chi connectivity index (χ1n) is 11.1. The Morgan fingerprint density at radius 1 is 0.963 bits per heavy atom. The van der Waals surface area contributed by atoms with E-state index in [0.29, 0.717) is 10.8 Å². The van der Waals surface area contributed by atoms with Gasteiger partial charge in [-0.25, -0.2) is 0 Å². The molecule has 5 rings (SSSR count). The van der Waals surface area contributed by atoms with Crippen molar-refractivity contribution in [2.45, 2.75) is 71.8 Å². The Balaban J connectivity index is 1.48. The minimum Gasteiger partial charge on any atom is -0.393 e. The second-order valence-corrected chi connectivity index (χ2v) is 10.3. The van der Waals surface area contributed by atoms with Gasteiger partial charge in [0.05, 0.1) is 6.10 Å². The van der Waals surface area contributed by atoms with Gasteiger partial charge in [0.15, 0.2) is 0 Å². The number of benzene rings is 1. The standard InChI is InChI=1S/C26H34O/c1-17-5-4-6-18(15-17)22-9-10-23-21-8-7-19-16-20(27)11-13-25(19,2)24(21)12-14-26(22,23)3/h4-7,9,15,20-21,23-24,27H,8,10-14,16H2,1-3H3. The molecule has 144 valence electrons. The number of aliphatic hydroxyl groups is 1. The van der Waals surface area contributed by atoms with Crippen molar-refractivity contribution in [1.82, 2.24) is 0 Å². The SMILES string of the molecule is Cc1cccc(C2=CCC3C4CC=C5CC(O)CCC5(C)C4CCC23C)c1. The second kappa shape index (κ2) is 6.08. The monoisotopic (exact) mass is 362 g/mol. The molecule has 1 aromatic rings. The fourth-order valence-corrected chi connectivity index (χ4v) is 7.47. The summed E-state index contributed by atoms with van der Waals surface area (Å²) < 4.78 is 0. The van der Waals surface area contributed by atoms with E-state index in [9.17, 15) is 5.11 Å². The average molecular weight is 363 g/mol. The maximum Gasteiger partial charge on any atom is 0.0577 e. The highest BCUT2D eigenvalue weighted by Crippen LogP contribution is 2.66. The minimum atomic E-state index is -0.101. The zero-order valence-electron chi connectivity index (χ0n) is 17.2. The number of allylic oxidation sites excluding steroid dienone is 3. The topological polar surface area (TPSA) is 20.2 Å². The van der Waals surface area contributed by atoms with E-state index in [0.717, 1.165) is 30.6 Å². The van der Waals surface area contributed by atoms with Crippen molar-refractivity contribution < 1.29 is 5.11 Å². The van der Waals surface area contributed by atoms with Crippen molar-refractivity contribution in [3.8, 4) is 0 Å². The summed E-state index contributed by atoms with van der Waals surface area (Å²) in [5.74, 6) is 2.41. The fraction of sp³-hybridized carbons (Fsp3) is 0.615. The van der Waals surface area contributed by atoms with Gasteiger partial charge in [-0.05, 0) is 91.6 Å². The van der Waals surface area contributed by atoms with Gasteiger partial charge in [-0.3, -0.25) is 0 Å². The van der Waals surface area contributed by atoms with E-state index in [4.69, 9.17) is 0 Å². The summed E-state index contributed by atoms with van der Waals surface area (Å²) in [5.41, 5.74) is 6.70. The maximum atomic E-state index is 10.2. The number of aryl methyl sites for hydroxylation is 1. The molecule has 0 saturated heterocycles. The molecule has 1 N–H and O–H groups in total. The largest absolute Gasteiger partial charge is 0.393 e. The zero-order chi connectivity index (χ0) is 18.8. The van der Waals surface area contributed by atoms with Crippen LogP contribution in [-0.2, 0) is 0 Å². The summed E-state index contributed by atoms with van der Waals surface area (Å²) in [6, 6.07) is 9.13. The summed E-state index contributed by atoms with van der Waals surface area (Å²) in [7, 11) is 0. The Morgan fingerprint density at radius 2 is 1.78 bits per heavy atom. The Morgan fingerprint density at radius 3 is 2.59 bits per heavy atom. The molecule has 1 aromatic carbocycles. The Hall–Kier alpha value is -1.34. The van der Waals surface area contributed by atoms with Gasteiger partial charge in [0.2, 0.25) is 0 Å². The van der Waals surface area contributed by atoms with Gasteiger partial charge in [-0.15, -0.1) is 0 Å². The van der Waals surface area contributed by atoms with Crippen molar-refractivity contribution in [3.05, 3.63) is 53.1 Å². The van der Waals surface area contributed by atoms with Crippen LogP contribution in [0.2, 0.25) is 0 Å². The molecule has 0 amide bonds. The molecule has 0 heterocycles. The predicted molar refractivity (Wildman–Crippen MR) is 112 cm³/mol. The highest BCUT2D eigenvalue weighted by molar-refractivity contribution is 5.73. The van der Waals surface area contributed by atoms with Crippen LogP contribution < -0.4 is 0 Å². The zero-order valence-corrected chi connectivity index (χ0v) is 17.2. The third-order valence-electron chi connectivity index (χ3n) is 8.99. The molecule has 0 spiro atoms. The van der Waals surface area contributed by atoms with E-state index >= 15 is 0 Å². The van der Waals surface area contributed by atoms with Crippen LogP contribution in [-0.4, -0.2) is 11.2 Å². The van der Waals surface area contributed by atoms with E-state index in [-0.39, 0.29) is 6.10 Å². The van der Waals surface area contributed by atoms with Crippen LogP contribution >= 0.6 is 0 Å². The lowest BCUT2D eigenvalue weighted by Gasteiger charge is -2.57. The molecular weight excluding hydrogens is 328 g/mol. The molecule has 6 unspecified atom stereocenters. The highest BCUT2D eigenvalue weighted by atomic mass is 16.3. The second-order valence-electron chi connectivity index (χ2n) is 10.3. The first-order valence-corrected chi connectivity index (χ1v) is 11.1. The number of rotatable bonds is 1. The maximum absolute atomic E-state index is 10.2. The van der Waals surface area contributed by atoms with Crippen molar-refractivity contribution in [2.75, 3.05) is 0 Å². The molecule has 2 fully saturated rings. The molecule has 1 heteroatoms. The fourth-order valence-electron chi connectivity index (χ4n) is 7.47. The van der Waals surface area contributed by atoms with E-state index < -0.39 is 0 Å². The first-order chi connectivity index (χ1) is 12.9. The van der Waals surface area contributed by atoms with Gasteiger partial charge >= 0.3 is 0 Å². The summed E-state index contributed by atoms with van der Waals surface area (Å²) >= 11 is 0. The number of fused-ring (bicyclic) bond motifs is 5. The smallest absolute Gasteiger partial charge is 0.0577 e. The van der Waals surface area contributed by atoms with Crippen LogP contribution in [0, 0.1) is 35.5 Å². The number of hydrogen-bond acceptors (Lipinski definition) is 1. The normalized spacial score (nSPS) is 43.3. The van der Waals surface area contributed by atoms with Crippen molar-refractivity contribution in [3.63, 3.8) is 0 Å². The lowest BCUT2D eigenvalue weighted by atomic mass is 9.47. The van der Waals surface area contributed by atoms with Crippen LogP contribution in [0.3, 0.4) is 0 Å². The Kier molecular flexibility index (Phi) is 3.99. The third kappa shape index (κ3) is 2.54. The van der Waals surface area contributed by atoms with E-state index in [1.165, 1.54) is 43.2 Å². The summed E-state index contributed by atoms with van der Waals surface area (Å²) in [6.45, 7) is 7.29. The van der Waals surface area contributed by atoms with Gasteiger partial charge in [0.1, 0.15) is 0 Å². The van der Waals surface area contributed by atoms with Crippen LogP contribution in [0.15, 0.2) is 42.0 Å². The van der Waals surface area contributed by atoms with E-state index in [1.807, 2.05) is 0 Å². The molecule has 4 aliphatic carbocycles. The van der Waals surface area contributed by atoms with Crippen molar-refractivity contribution >= 4 is 5.57 Å². The predicted octanol–water partition coefficient (Wildman–Crippen LogP) is 6.31. The van der Waals surface area contributed by atoms with Crippen LogP contribution in [0.1, 0.15) is 69.9 Å². The van der Waals surface area contributed by atoms with E-state index in [2.05, 4.69) is 57.2 Å². The van der Waals surface area contributed by atoms with Crippen LogP contribution in [0.5, 0.6) is 0 Å². The molecule has 2 saturated carbocycles.